The van der Waals surface area contributed by atoms with Crippen molar-refractivity contribution >= 4 is 41.0 Å². The van der Waals surface area contributed by atoms with Crippen LogP contribution in [-0.2, 0) is 14.3 Å². The van der Waals surface area contributed by atoms with E-state index in [4.69, 9.17) is 16.3 Å². The second-order valence-corrected chi connectivity index (χ2v) is 10.2. The Kier molecular flexibility index (Phi) is 8.00. The summed E-state index contributed by atoms with van der Waals surface area (Å²) in [6.07, 6.45) is 2.20. The van der Waals surface area contributed by atoms with E-state index >= 15 is 0 Å². The molecule has 0 unspecified atom stereocenters. The number of likely N-dealkylation sites (tertiary alicyclic amines) is 1. The van der Waals surface area contributed by atoms with Crippen molar-refractivity contribution in [1.82, 2.24) is 9.88 Å². The minimum absolute atomic E-state index is 0.0281. The summed E-state index contributed by atoms with van der Waals surface area (Å²) in [5, 5.41) is 5.12. The Bertz CT molecular complexity index is 1130. The molecule has 1 fully saturated rings. The minimum atomic E-state index is -0.814. The molecule has 0 aliphatic carbocycles. The standard InChI is InChI=1S/C25H30ClFN4O4/c1-14-6-9-20(16-7-8-19(27)18(26)11-16)31(13-14)23(33)22(32)29-17-10-15(2)21(28-12-17)30-24(34)35-25(3,4)5/h7-8,10-12,14,20H,6,9,13H2,1-5H3,(H,29,32)(H,28,30,34)/t14-,20+/m0/s1. The van der Waals surface area contributed by atoms with Gasteiger partial charge in [0.1, 0.15) is 17.2 Å². The molecule has 8 nitrogen and oxygen atoms in total. The molecule has 35 heavy (non-hydrogen) atoms. The van der Waals surface area contributed by atoms with Gasteiger partial charge in [0.2, 0.25) is 0 Å². The number of carbonyl (C=O) groups excluding carboxylic acids is 3. The van der Waals surface area contributed by atoms with E-state index in [2.05, 4.69) is 15.6 Å². The topological polar surface area (TPSA) is 101 Å². The van der Waals surface area contributed by atoms with Crippen LogP contribution in [0.1, 0.15) is 57.7 Å². The fourth-order valence-corrected chi connectivity index (χ4v) is 4.12. The highest BCUT2D eigenvalue weighted by Gasteiger charge is 2.34. The molecule has 1 aromatic carbocycles. The van der Waals surface area contributed by atoms with Crippen molar-refractivity contribution in [3.05, 3.63) is 52.4 Å². The van der Waals surface area contributed by atoms with Crippen LogP contribution in [0.3, 0.4) is 0 Å². The maximum Gasteiger partial charge on any atom is 0.413 e. The third kappa shape index (κ3) is 6.91. The first kappa shape index (κ1) is 26.4. The zero-order valence-electron chi connectivity index (χ0n) is 20.4. The number of piperidine rings is 1. The molecule has 188 valence electrons. The van der Waals surface area contributed by atoms with E-state index in [0.717, 1.165) is 6.42 Å². The molecule has 2 aromatic rings. The normalized spacial score (nSPS) is 18.1. The lowest BCUT2D eigenvalue weighted by atomic mass is 9.89. The predicted octanol–water partition coefficient (Wildman–Crippen LogP) is 5.47. The molecule has 2 N–H and O–H groups in total. The minimum Gasteiger partial charge on any atom is -0.444 e. The number of hydrogen-bond acceptors (Lipinski definition) is 5. The zero-order valence-corrected chi connectivity index (χ0v) is 21.2. The summed E-state index contributed by atoms with van der Waals surface area (Å²) in [5.74, 6) is -1.56. The smallest absolute Gasteiger partial charge is 0.413 e. The van der Waals surface area contributed by atoms with E-state index < -0.39 is 29.3 Å². The van der Waals surface area contributed by atoms with Crippen molar-refractivity contribution in [1.29, 1.82) is 0 Å². The van der Waals surface area contributed by atoms with Crippen molar-refractivity contribution in [2.75, 3.05) is 17.2 Å². The molecular formula is C25H30ClFN4O4. The van der Waals surface area contributed by atoms with Gasteiger partial charge < -0.3 is 15.0 Å². The first-order valence-corrected chi connectivity index (χ1v) is 11.8. The molecule has 1 aliphatic rings. The summed E-state index contributed by atoms with van der Waals surface area (Å²) in [7, 11) is 0. The third-order valence-corrected chi connectivity index (χ3v) is 5.85. The van der Waals surface area contributed by atoms with Crippen LogP contribution in [-0.4, -0.2) is 39.9 Å². The second kappa shape index (κ2) is 10.6. The Balaban J connectivity index is 1.72. The van der Waals surface area contributed by atoms with Gasteiger partial charge in [0.25, 0.3) is 0 Å². The molecule has 0 bridgehead atoms. The molecule has 3 amide bonds. The average molecular weight is 505 g/mol. The Morgan fingerprint density at radius 1 is 1.17 bits per heavy atom. The predicted molar refractivity (Wildman–Crippen MR) is 132 cm³/mol. The lowest BCUT2D eigenvalue weighted by Gasteiger charge is -2.38. The Hall–Kier alpha value is -3.20. The number of aromatic nitrogens is 1. The molecule has 1 aromatic heterocycles. The van der Waals surface area contributed by atoms with E-state index in [0.29, 0.717) is 29.8 Å². The van der Waals surface area contributed by atoms with Crippen molar-refractivity contribution in [3.8, 4) is 0 Å². The molecule has 0 spiro atoms. The highest BCUT2D eigenvalue weighted by atomic mass is 35.5. The van der Waals surface area contributed by atoms with Crippen LogP contribution in [0, 0.1) is 18.7 Å². The first-order valence-electron chi connectivity index (χ1n) is 11.4. The van der Waals surface area contributed by atoms with Gasteiger partial charge in [0, 0.05) is 6.54 Å². The number of carbonyl (C=O) groups is 3. The van der Waals surface area contributed by atoms with Gasteiger partial charge in [-0.1, -0.05) is 24.6 Å². The van der Waals surface area contributed by atoms with E-state index in [1.807, 2.05) is 6.92 Å². The summed E-state index contributed by atoms with van der Waals surface area (Å²) in [4.78, 5) is 43.6. The summed E-state index contributed by atoms with van der Waals surface area (Å²) < 4.78 is 18.9. The van der Waals surface area contributed by atoms with Gasteiger partial charge in [-0.25, -0.2) is 14.2 Å². The number of anilines is 2. The van der Waals surface area contributed by atoms with Crippen molar-refractivity contribution in [2.24, 2.45) is 5.92 Å². The molecule has 2 atom stereocenters. The third-order valence-electron chi connectivity index (χ3n) is 5.56. The zero-order chi connectivity index (χ0) is 25.9. The highest BCUT2D eigenvalue weighted by molar-refractivity contribution is 6.39. The van der Waals surface area contributed by atoms with Crippen molar-refractivity contribution < 1.29 is 23.5 Å². The van der Waals surface area contributed by atoms with Crippen LogP contribution >= 0.6 is 11.6 Å². The quantitative estimate of drug-likeness (QED) is 0.540. The fraction of sp³-hybridized carbons (Fsp3) is 0.440. The van der Waals surface area contributed by atoms with Gasteiger partial charge in [0.05, 0.1) is 22.9 Å². The fourth-order valence-electron chi connectivity index (χ4n) is 3.93. The monoisotopic (exact) mass is 504 g/mol. The van der Waals surface area contributed by atoms with Gasteiger partial charge in [-0.05, 0) is 75.8 Å². The summed E-state index contributed by atoms with van der Waals surface area (Å²) in [5.41, 5.74) is 0.906. The number of rotatable bonds is 3. The van der Waals surface area contributed by atoms with Gasteiger partial charge in [-0.15, -0.1) is 0 Å². The van der Waals surface area contributed by atoms with Crippen molar-refractivity contribution in [3.63, 3.8) is 0 Å². The largest absolute Gasteiger partial charge is 0.444 e. The van der Waals surface area contributed by atoms with Crippen LogP contribution in [0.25, 0.3) is 0 Å². The summed E-state index contributed by atoms with van der Waals surface area (Å²) >= 11 is 5.95. The van der Waals surface area contributed by atoms with Crippen LogP contribution < -0.4 is 10.6 Å². The molecule has 1 saturated heterocycles. The van der Waals surface area contributed by atoms with Gasteiger partial charge in [0.15, 0.2) is 0 Å². The van der Waals surface area contributed by atoms with Gasteiger partial charge in [-0.3, -0.25) is 14.9 Å². The number of benzene rings is 1. The number of nitrogens with zero attached hydrogens (tertiary/aromatic N) is 2. The Morgan fingerprint density at radius 3 is 2.51 bits per heavy atom. The van der Waals surface area contributed by atoms with E-state index in [9.17, 15) is 18.8 Å². The number of ether oxygens (including phenoxy) is 1. The number of hydrogen-bond donors (Lipinski definition) is 2. The lowest BCUT2D eigenvalue weighted by Crippen LogP contribution is -2.46. The number of halogens is 2. The van der Waals surface area contributed by atoms with E-state index in [1.54, 1.807) is 39.8 Å². The number of amides is 3. The van der Waals surface area contributed by atoms with Crippen molar-refractivity contribution in [2.45, 2.75) is 59.1 Å². The van der Waals surface area contributed by atoms with Crippen LogP contribution in [0.2, 0.25) is 5.02 Å². The molecule has 1 aliphatic heterocycles. The molecule has 3 rings (SSSR count). The number of nitrogens with one attached hydrogen (secondary N) is 2. The Morgan fingerprint density at radius 2 is 1.89 bits per heavy atom. The lowest BCUT2D eigenvalue weighted by molar-refractivity contribution is -0.146. The summed E-state index contributed by atoms with van der Waals surface area (Å²) in [6, 6.07) is 5.56. The molecule has 10 heteroatoms. The van der Waals surface area contributed by atoms with E-state index in [1.165, 1.54) is 23.2 Å². The second-order valence-electron chi connectivity index (χ2n) is 9.80. The molecule has 0 saturated carbocycles. The van der Waals surface area contributed by atoms with E-state index in [-0.39, 0.29) is 22.8 Å². The van der Waals surface area contributed by atoms with Crippen LogP contribution in [0.4, 0.5) is 20.7 Å². The molecular weight excluding hydrogens is 475 g/mol. The average Bonchev–Trinajstić information content (AvgIpc) is 2.75. The highest BCUT2D eigenvalue weighted by Crippen LogP contribution is 2.35. The van der Waals surface area contributed by atoms with Crippen LogP contribution in [0.5, 0.6) is 0 Å². The first-order chi connectivity index (χ1) is 16.3. The SMILES string of the molecule is Cc1cc(NC(=O)C(=O)N2C[C@@H](C)CC[C@@H]2c2ccc(F)c(Cl)c2)cnc1NC(=O)OC(C)(C)C. The summed E-state index contributed by atoms with van der Waals surface area (Å²) in [6.45, 7) is 9.36. The Labute approximate surface area is 209 Å². The van der Waals surface area contributed by atoms with Gasteiger partial charge >= 0.3 is 17.9 Å². The molecule has 0 radical (unpaired) electrons. The maximum atomic E-state index is 13.6. The van der Waals surface area contributed by atoms with Gasteiger partial charge in [-0.2, -0.15) is 0 Å². The van der Waals surface area contributed by atoms with Crippen LogP contribution in [0.15, 0.2) is 30.5 Å². The molecule has 2 heterocycles. The maximum absolute atomic E-state index is 13.6. The number of aryl methyl sites for hydroxylation is 1. The number of pyridine rings is 1.